The Morgan fingerprint density at radius 1 is 1.19 bits per heavy atom. The molecule has 0 unspecified atom stereocenters. The molecule has 1 aromatic heterocycles. The number of aromatic nitrogens is 1. The number of ether oxygens (including phenoxy) is 1. The standard InChI is InChI=1S/C17H15NO2S/c1-3-20-17(19)15-11(2)18-16(21-15)14-9-8-12-6-4-5-7-13(12)10-14/h4-10H,3H2,1-2H3. The van der Waals surface area contributed by atoms with Gasteiger partial charge < -0.3 is 4.74 Å². The second-order valence-corrected chi connectivity index (χ2v) is 5.72. The number of hydrogen-bond acceptors (Lipinski definition) is 4. The first-order valence-corrected chi connectivity index (χ1v) is 7.64. The van der Waals surface area contributed by atoms with Crippen LogP contribution in [0.25, 0.3) is 21.3 Å². The Hall–Kier alpha value is -2.20. The second kappa shape index (κ2) is 5.66. The highest BCUT2D eigenvalue weighted by Crippen LogP contribution is 2.30. The van der Waals surface area contributed by atoms with Crippen LogP contribution in [0.1, 0.15) is 22.3 Å². The Morgan fingerprint density at radius 3 is 2.71 bits per heavy atom. The van der Waals surface area contributed by atoms with Crippen LogP contribution in [0.2, 0.25) is 0 Å². The minimum Gasteiger partial charge on any atom is -0.462 e. The monoisotopic (exact) mass is 297 g/mol. The van der Waals surface area contributed by atoms with Crippen molar-refractivity contribution < 1.29 is 9.53 Å². The van der Waals surface area contributed by atoms with Crippen molar-refractivity contribution >= 4 is 28.1 Å². The first-order valence-electron chi connectivity index (χ1n) is 6.82. The lowest BCUT2D eigenvalue weighted by atomic mass is 10.1. The number of fused-ring (bicyclic) bond motifs is 1. The summed E-state index contributed by atoms with van der Waals surface area (Å²) in [7, 11) is 0. The van der Waals surface area contributed by atoms with E-state index in [1.165, 1.54) is 22.1 Å². The van der Waals surface area contributed by atoms with Crippen LogP contribution < -0.4 is 0 Å². The predicted molar refractivity (Wildman–Crippen MR) is 85.7 cm³/mol. The Morgan fingerprint density at radius 2 is 1.95 bits per heavy atom. The molecule has 3 nitrogen and oxygen atoms in total. The molecule has 0 aliphatic rings. The molecule has 0 N–H and O–H groups in total. The molecule has 0 amide bonds. The van der Waals surface area contributed by atoms with E-state index in [0.29, 0.717) is 11.5 Å². The summed E-state index contributed by atoms with van der Waals surface area (Å²) in [5, 5.41) is 3.21. The maximum atomic E-state index is 11.9. The normalized spacial score (nSPS) is 10.8. The van der Waals surface area contributed by atoms with Gasteiger partial charge in [-0.1, -0.05) is 36.4 Å². The van der Waals surface area contributed by atoms with Gasteiger partial charge in [0.2, 0.25) is 0 Å². The first-order chi connectivity index (χ1) is 10.2. The lowest BCUT2D eigenvalue weighted by molar-refractivity contribution is 0.0531. The Kier molecular flexibility index (Phi) is 3.71. The van der Waals surface area contributed by atoms with Gasteiger partial charge in [0.05, 0.1) is 12.3 Å². The Labute approximate surface area is 127 Å². The van der Waals surface area contributed by atoms with E-state index >= 15 is 0 Å². The molecule has 106 valence electrons. The van der Waals surface area contributed by atoms with E-state index in [-0.39, 0.29) is 5.97 Å². The summed E-state index contributed by atoms with van der Waals surface area (Å²) in [5.74, 6) is -0.292. The Balaban J connectivity index is 2.02. The summed E-state index contributed by atoms with van der Waals surface area (Å²) >= 11 is 1.38. The molecule has 0 radical (unpaired) electrons. The highest BCUT2D eigenvalue weighted by Gasteiger charge is 2.17. The van der Waals surface area contributed by atoms with Crippen LogP contribution >= 0.6 is 11.3 Å². The van der Waals surface area contributed by atoms with Gasteiger partial charge in [-0.2, -0.15) is 0 Å². The fraction of sp³-hybridized carbons (Fsp3) is 0.176. The van der Waals surface area contributed by atoms with Crippen LogP contribution in [-0.4, -0.2) is 17.6 Å². The molecule has 4 heteroatoms. The number of carbonyl (C=O) groups excluding carboxylic acids is 1. The van der Waals surface area contributed by atoms with Crippen molar-refractivity contribution in [1.82, 2.24) is 4.98 Å². The molecule has 3 rings (SSSR count). The Bertz CT molecular complexity index is 807. The zero-order chi connectivity index (χ0) is 14.8. The molecule has 0 saturated carbocycles. The minimum absolute atomic E-state index is 0.292. The van der Waals surface area contributed by atoms with Gasteiger partial charge in [0.1, 0.15) is 9.88 Å². The van der Waals surface area contributed by atoms with Crippen molar-refractivity contribution in [2.75, 3.05) is 6.61 Å². The molecule has 3 aromatic rings. The fourth-order valence-electron chi connectivity index (χ4n) is 2.23. The smallest absolute Gasteiger partial charge is 0.350 e. The van der Waals surface area contributed by atoms with Crippen molar-refractivity contribution in [3.05, 3.63) is 53.0 Å². The van der Waals surface area contributed by atoms with Gasteiger partial charge in [-0.25, -0.2) is 9.78 Å². The first kappa shape index (κ1) is 13.8. The molecule has 0 bridgehead atoms. The minimum atomic E-state index is -0.292. The van der Waals surface area contributed by atoms with E-state index in [4.69, 9.17) is 4.74 Å². The average molecular weight is 297 g/mol. The predicted octanol–water partition coefficient (Wildman–Crippen LogP) is 4.45. The van der Waals surface area contributed by atoms with Gasteiger partial charge in [-0.05, 0) is 30.7 Å². The molecular formula is C17H15NO2S. The van der Waals surface area contributed by atoms with Crippen molar-refractivity contribution in [1.29, 1.82) is 0 Å². The summed E-state index contributed by atoms with van der Waals surface area (Å²) < 4.78 is 5.06. The maximum Gasteiger partial charge on any atom is 0.350 e. The number of esters is 1. The van der Waals surface area contributed by atoms with Gasteiger partial charge in [-0.15, -0.1) is 11.3 Å². The summed E-state index contributed by atoms with van der Waals surface area (Å²) in [6.45, 7) is 4.02. The summed E-state index contributed by atoms with van der Waals surface area (Å²) in [6.07, 6.45) is 0. The summed E-state index contributed by atoms with van der Waals surface area (Å²) in [6, 6.07) is 14.4. The van der Waals surface area contributed by atoms with Gasteiger partial charge in [0.25, 0.3) is 0 Å². The van der Waals surface area contributed by atoms with E-state index in [2.05, 4.69) is 29.2 Å². The van der Waals surface area contributed by atoms with E-state index in [9.17, 15) is 4.79 Å². The van der Waals surface area contributed by atoms with Crippen LogP contribution in [0, 0.1) is 6.92 Å². The molecule has 0 aliphatic heterocycles. The topological polar surface area (TPSA) is 39.2 Å². The lowest BCUT2D eigenvalue weighted by Crippen LogP contribution is -2.03. The molecular weight excluding hydrogens is 282 g/mol. The summed E-state index contributed by atoms with van der Waals surface area (Å²) in [5.41, 5.74) is 1.75. The second-order valence-electron chi connectivity index (χ2n) is 4.72. The lowest BCUT2D eigenvalue weighted by Gasteiger charge is -2.00. The third kappa shape index (κ3) is 2.67. The largest absolute Gasteiger partial charge is 0.462 e. The van der Waals surface area contributed by atoms with Crippen molar-refractivity contribution in [2.24, 2.45) is 0 Å². The van der Waals surface area contributed by atoms with Gasteiger partial charge in [0, 0.05) is 5.56 Å². The van der Waals surface area contributed by atoms with Crippen molar-refractivity contribution in [3.8, 4) is 10.6 Å². The highest BCUT2D eigenvalue weighted by molar-refractivity contribution is 7.17. The van der Waals surface area contributed by atoms with Crippen molar-refractivity contribution in [3.63, 3.8) is 0 Å². The quantitative estimate of drug-likeness (QED) is 0.670. The van der Waals surface area contributed by atoms with E-state index < -0.39 is 0 Å². The number of nitrogens with zero attached hydrogens (tertiary/aromatic N) is 1. The fourth-order valence-corrected chi connectivity index (χ4v) is 3.18. The van der Waals surface area contributed by atoms with Crippen LogP contribution in [0.3, 0.4) is 0 Å². The number of benzene rings is 2. The van der Waals surface area contributed by atoms with Crippen LogP contribution in [0.4, 0.5) is 0 Å². The van der Waals surface area contributed by atoms with Gasteiger partial charge in [0.15, 0.2) is 0 Å². The molecule has 0 aliphatic carbocycles. The average Bonchev–Trinajstić information content (AvgIpc) is 2.89. The highest BCUT2D eigenvalue weighted by atomic mass is 32.1. The van der Waals surface area contributed by atoms with Crippen LogP contribution in [0.5, 0.6) is 0 Å². The number of thiazole rings is 1. The van der Waals surface area contributed by atoms with Gasteiger partial charge >= 0.3 is 5.97 Å². The van der Waals surface area contributed by atoms with Gasteiger partial charge in [-0.3, -0.25) is 0 Å². The van der Waals surface area contributed by atoms with E-state index in [1.807, 2.05) is 25.1 Å². The van der Waals surface area contributed by atoms with Crippen molar-refractivity contribution in [2.45, 2.75) is 13.8 Å². The molecule has 1 heterocycles. The molecule has 0 atom stereocenters. The number of aryl methyl sites for hydroxylation is 1. The maximum absolute atomic E-state index is 11.9. The zero-order valence-corrected chi connectivity index (χ0v) is 12.7. The van der Waals surface area contributed by atoms with E-state index in [0.717, 1.165) is 16.3 Å². The molecule has 21 heavy (non-hydrogen) atoms. The third-order valence-corrected chi connectivity index (χ3v) is 4.44. The summed E-state index contributed by atoms with van der Waals surface area (Å²) in [4.78, 5) is 17.0. The SMILES string of the molecule is CCOC(=O)c1sc(-c2ccc3ccccc3c2)nc1C. The van der Waals surface area contributed by atoms with E-state index in [1.54, 1.807) is 6.92 Å². The zero-order valence-electron chi connectivity index (χ0n) is 11.9. The number of hydrogen-bond donors (Lipinski definition) is 0. The van der Waals surface area contributed by atoms with Crippen LogP contribution in [0.15, 0.2) is 42.5 Å². The molecule has 0 saturated heterocycles. The molecule has 2 aromatic carbocycles. The third-order valence-electron chi connectivity index (χ3n) is 3.25. The number of carbonyl (C=O) groups is 1. The molecule has 0 spiro atoms. The molecule has 0 fully saturated rings. The van der Waals surface area contributed by atoms with Crippen LogP contribution in [-0.2, 0) is 4.74 Å². The number of rotatable bonds is 3.